The lowest BCUT2D eigenvalue weighted by molar-refractivity contribution is -0.143. The maximum absolute atomic E-state index is 12.6. The summed E-state index contributed by atoms with van der Waals surface area (Å²) in [5, 5.41) is 9.68. The monoisotopic (exact) mass is 402 g/mol. The smallest absolute Gasteiger partial charge is 0.420 e. The van der Waals surface area contributed by atoms with Crippen molar-refractivity contribution in [2.75, 3.05) is 32.8 Å². The number of hydrogen-bond acceptors (Lipinski definition) is 7. The van der Waals surface area contributed by atoms with Gasteiger partial charge in [-0.1, -0.05) is 0 Å². The van der Waals surface area contributed by atoms with E-state index in [0.717, 1.165) is 13.1 Å². The Kier molecular flexibility index (Phi) is 8.69. The van der Waals surface area contributed by atoms with Gasteiger partial charge in [0.1, 0.15) is 17.2 Å². The van der Waals surface area contributed by atoms with Gasteiger partial charge < -0.3 is 19.3 Å². The molecular weight excluding hydrogens is 368 g/mol. The van der Waals surface area contributed by atoms with Gasteiger partial charge in [-0.2, -0.15) is 4.90 Å². The van der Waals surface area contributed by atoms with Crippen LogP contribution in [0.1, 0.15) is 54.4 Å². The predicted molar refractivity (Wildman–Crippen MR) is 102 cm³/mol. The summed E-state index contributed by atoms with van der Waals surface area (Å²) >= 11 is 0. The molecule has 1 rings (SSSR count). The van der Waals surface area contributed by atoms with Gasteiger partial charge in [-0.05, 0) is 60.9 Å². The van der Waals surface area contributed by atoms with Gasteiger partial charge in [-0.15, -0.1) is 0 Å². The van der Waals surface area contributed by atoms with E-state index in [9.17, 15) is 19.5 Å². The minimum absolute atomic E-state index is 0.102. The Morgan fingerprint density at radius 3 is 1.86 bits per heavy atom. The summed E-state index contributed by atoms with van der Waals surface area (Å²) in [6, 6.07) is -1.37. The first kappa shape index (κ1) is 24.2. The Hall–Kier alpha value is -1.87. The Labute approximate surface area is 166 Å². The molecule has 162 valence electrons. The molecule has 1 saturated heterocycles. The molecule has 0 aromatic rings. The molecule has 1 N–H and O–H groups in total. The Bertz CT molecular complexity index is 517. The average molecular weight is 402 g/mol. The van der Waals surface area contributed by atoms with Gasteiger partial charge in [0, 0.05) is 13.1 Å². The van der Waals surface area contributed by atoms with Crippen molar-refractivity contribution in [2.45, 2.75) is 71.6 Å². The van der Waals surface area contributed by atoms with Gasteiger partial charge in [0.15, 0.2) is 0 Å². The number of imide groups is 1. The highest BCUT2D eigenvalue weighted by Gasteiger charge is 2.40. The lowest BCUT2D eigenvalue weighted by atomic mass is 10.1. The fraction of sp³-hybridized carbons (Fsp3) is 0.842. The summed E-state index contributed by atoms with van der Waals surface area (Å²) in [6.07, 6.45) is -1.45. The lowest BCUT2D eigenvalue weighted by Crippen LogP contribution is -2.52. The molecule has 1 heterocycles. The van der Waals surface area contributed by atoms with Crippen molar-refractivity contribution in [3.8, 4) is 0 Å². The highest BCUT2D eigenvalue weighted by Crippen LogP contribution is 2.19. The van der Waals surface area contributed by atoms with Gasteiger partial charge in [0.2, 0.25) is 0 Å². The molecule has 9 heteroatoms. The van der Waals surface area contributed by atoms with Crippen molar-refractivity contribution in [1.29, 1.82) is 0 Å². The first-order chi connectivity index (χ1) is 12.8. The predicted octanol–water partition coefficient (Wildman–Crippen LogP) is 2.72. The molecule has 1 fully saturated rings. The fourth-order valence-electron chi connectivity index (χ4n) is 2.65. The molecule has 0 aromatic heterocycles. The first-order valence-electron chi connectivity index (χ1n) is 9.58. The van der Waals surface area contributed by atoms with Crippen LogP contribution in [0.3, 0.4) is 0 Å². The molecule has 28 heavy (non-hydrogen) atoms. The van der Waals surface area contributed by atoms with Crippen LogP contribution in [-0.2, 0) is 19.0 Å². The van der Waals surface area contributed by atoms with E-state index < -0.39 is 35.4 Å². The lowest BCUT2D eigenvalue weighted by Gasteiger charge is -2.32. The second kappa shape index (κ2) is 10.1. The molecule has 1 aliphatic heterocycles. The normalized spacial score (nSPS) is 16.9. The van der Waals surface area contributed by atoms with Crippen molar-refractivity contribution in [1.82, 2.24) is 9.80 Å². The van der Waals surface area contributed by atoms with E-state index >= 15 is 0 Å². The topological polar surface area (TPSA) is 106 Å². The quantitative estimate of drug-likeness (QED) is 0.723. The number of hydrogen-bond donors (Lipinski definition) is 1. The fourth-order valence-corrected chi connectivity index (χ4v) is 2.65. The van der Waals surface area contributed by atoms with E-state index in [4.69, 9.17) is 14.2 Å². The third-order valence-electron chi connectivity index (χ3n) is 3.83. The zero-order valence-electron chi connectivity index (χ0n) is 17.8. The third-order valence-corrected chi connectivity index (χ3v) is 3.83. The van der Waals surface area contributed by atoms with E-state index in [1.54, 1.807) is 41.5 Å². The Morgan fingerprint density at radius 1 is 1.00 bits per heavy atom. The van der Waals surface area contributed by atoms with Crippen LogP contribution in [0.25, 0.3) is 0 Å². The van der Waals surface area contributed by atoms with Crippen LogP contribution >= 0.6 is 0 Å². The van der Waals surface area contributed by atoms with Crippen LogP contribution in [0, 0.1) is 0 Å². The molecule has 0 spiro atoms. The van der Waals surface area contributed by atoms with Gasteiger partial charge in [0.25, 0.3) is 0 Å². The summed E-state index contributed by atoms with van der Waals surface area (Å²) in [4.78, 5) is 39.8. The standard InChI is InChI=1S/C19H34N2O7/c1-18(2,3)27-16(24)21(17(25)28-19(4,5)6)14(15(22)23)8-7-9-20-10-12-26-13-11-20/h14H,7-13H2,1-6H3,(H,22,23). The minimum Gasteiger partial charge on any atom is -0.480 e. The summed E-state index contributed by atoms with van der Waals surface area (Å²) in [6.45, 7) is 13.4. The van der Waals surface area contributed by atoms with Crippen molar-refractivity contribution in [2.24, 2.45) is 0 Å². The van der Waals surface area contributed by atoms with Crippen molar-refractivity contribution < 1.29 is 33.7 Å². The van der Waals surface area contributed by atoms with Crippen LogP contribution in [0.2, 0.25) is 0 Å². The van der Waals surface area contributed by atoms with E-state index in [1.807, 2.05) is 0 Å². The minimum atomic E-state index is -1.37. The highest BCUT2D eigenvalue weighted by molar-refractivity contribution is 5.93. The van der Waals surface area contributed by atoms with Gasteiger partial charge in [0.05, 0.1) is 13.2 Å². The van der Waals surface area contributed by atoms with Crippen LogP contribution < -0.4 is 0 Å². The number of nitrogens with zero attached hydrogens (tertiary/aromatic N) is 2. The van der Waals surface area contributed by atoms with Gasteiger partial charge >= 0.3 is 18.2 Å². The molecular formula is C19H34N2O7. The van der Waals surface area contributed by atoms with Crippen LogP contribution in [0.15, 0.2) is 0 Å². The summed E-state index contributed by atoms with van der Waals surface area (Å²) in [5.74, 6) is -1.28. The third kappa shape index (κ3) is 8.88. The summed E-state index contributed by atoms with van der Waals surface area (Å²) < 4.78 is 15.8. The van der Waals surface area contributed by atoms with Gasteiger partial charge in [-0.3, -0.25) is 4.90 Å². The first-order valence-corrected chi connectivity index (χ1v) is 9.58. The molecule has 0 bridgehead atoms. The molecule has 1 unspecified atom stereocenters. The van der Waals surface area contributed by atoms with Crippen LogP contribution in [0.5, 0.6) is 0 Å². The maximum Gasteiger partial charge on any atom is 0.420 e. The van der Waals surface area contributed by atoms with Crippen molar-refractivity contribution in [3.05, 3.63) is 0 Å². The molecule has 0 aliphatic carbocycles. The van der Waals surface area contributed by atoms with E-state index in [1.165, 1.54) is 0 Å². The van der Waals surface area contributed by atoms with Crippen molar-refractivity contribution >= 4 is 18.2 Å². The second-order valence-corrected chi connectivity index (χ2v) is 8.78. The van der Waals surface area contributed by atoms with E-state index in [-0.39, 0.29) is 6.42 Å². The Morgan fingerprint density at radius 2 is 1.46 bits per heavy atom. The van der Waals surface area contributed by atoms with Crippen LogP contribution in [0.4, 0.5) is 9.59 Å². The van der Waals surface area contributed by atoms with Crippen molar-refractivity contribution in [3.63, 3.8) is 0 Å². The largest absolute Gasteiger partial charge is 0.480 e. The number of rotatable bonds is 6. The number of amides is 2. The second-order valence-electron chi connectivity index (χ2n) is 8.78. The highest BCUT2D eigenvalue weighted by atomic mass is 16.6. The number of ether oxygens (including phenoxy) is 3. The number of carbonyl (C=O) groups excluding carboxylic acids is 2. The number of carboxylic acid groups (broad SMARTS) is 1. The zero-order chi connectivity index (χ0) is 21.5. The van der Waals surface area contributed by atoms with E-state index in [0.29, 0.717) is 31.1 Å². The number of aliphatic carboxylic acids is 1. The number of carbonyl (C=O) groups is 3. The van der Waals surface area contributed by atoms with E-state index in [2.05, 4.69) is 4.90 Å². The van der Waals surface area contributed by atoms with Crippen LogP contribution in [-0.4, -0.2) is 83.2 Å². The van der Waals surface area contributed by atoms with Gasteiger partial charge in [-0.25, -0.2) is 14.4 Å². The molecule has 0 radical (unpaired) electrons. The number of carboxylic acids is 1. The molecule has 9 nitrogen and oxygen atoms in total. The summed E-state index contributed by atoms with van der Waals surface area (Å²) in [7, 11) is 0. The zero-order valence-corrected chi connectivity index (χ0v) is 17.8. The molecule has 0 aromatic carbocycles. The molecule has 1 aliphatic rings. The number of morpholine rings is 1. The maximum atomic E-state index is 12.6. The molecule has 1 atom stereocenters. The summed E-state index contributed by atoms with van der Waals surface area (Å²) in [5.41, 5.74) is -1.76. The molecule has 0 saturated carbocycles. The molecule has 2 amide bonds. The average Bonchev–Trinajstić information content (AvgIpc) is 2.51. The SMILES string of the molecule is CC(C)(C)OC(=O)N(C(=O)OC(C)(C)C)C(CCCN1CCOCC1)C(=O)O. The Balaban J connectivity index is 2.91.